The summed E-state index contributed by atoms with van der Waals surface area (Å²) in [5.41, 5.74) is -1.49. The van der Waals surface area contributed by atoms with Crippen molar-refractivity contribution in [3.63, 3.8) is 0 Å². The van der Waals surface area contributed by atoms with Gasteiger partial charge in [-0.2, -0.15) is 4.90 Å². The third kappa shape index (κ3) is 6.01. The van der Waals surface area contributed by atoms with E-state index in [9.17, 15) is 9.59 Å². The van der Waals surface area contributed by atoms with Crippen LogP contribution in [0.5, 0.6) is 0 Å². The summed E-state index contributed by atoms with van der Waals surface area (Å²) >= 11 is 3.21. The van der Waals surface area contributed by atoms with Crippen molar-refractivity contribution < 1.29 is 19.1 Å². The second kappa shape index (κ2) is 6.64. The molecule has 0 saturated heterocycles. The van der Waals surface area contributed by atoms with Gasteiger partial charge in [0, 0.05) is 0 Å². The summed E-state index contributed by atoms with van der Waals surface area (Å²) in [6.07, 6.45) is -1.68. The number of amides is 2. The van der Waals surface area contributed by atoms with E-state index >= 15 is 0 Å². The fraction of sp³-hybridized carbons (Fsp3) is 0.533. The lowest BCUT2D eigenvalue weighted by molar-refractivity contribution is 0.0429. The largest absolute Gasteiger partial charge is 0.443 e. The number of nitrogens with zero attached hydrogens (tertiary/aromatic N) is 2. The Morgan fingerprint density at radius 2 is 1.45 bits per heavy atom. The lowest BCUT2D eigenvalue weighted by Gasteiger charge is -2.28. The molecule has 6 nitrogen and oxygen atoms in total. The summed E-state index contributed by atoms with van der Waals surface area (Å²) in [5, 5.41) is 0. The molecule has 0 fully saturated rings. The van der Waals surface area contributed by atoms with Gasteiger partial charge in [-0.1, -0.05) is 6.07 Å². The standard InChI is InChI=1S/C15H21BrN2O4/c1-14(2,3)21-12(19)18(13(20)22-15(4,5)6)11-9-7-8-10(16)17-11/h7-9H,1-6H3. The molecule has 0 atom stereocenters. The predicted molar refractivity (Wildman–Crippen MR) is 86.9 cm³/mol. The Morgan fingerprint density at radius 1 is 1.00 bits per heavy atom. The van der Waals surface area contributed by atoms with E-state index in [1.165, 1.54) is 6.07 Å². The molecule has 22 heavy (non-hydrogen) atoms. The first-order valence-electron chi connectivity index (χ1n) is 6.78. The maximum atomic E-state index is 12.3. The molecule has 1 aromatic rings. The molecular weight excluding hydrogens is 352 g/mol. The minimum absolute atomic E-state index is 0.123. The van der Waals surface area contributed by atoms with Crippen molar-refractivity contribution >= 4 is 33.9 Å². The molecular formula is C15H21BrN2O4. The molecule has 0 N–H and O–H groups in total. The Kier molecular flexibility index (Phi) is 5.56. The Morgan fingerprint density at radius 3 is 1.82 bits per heavy atom. The number of rotatable bonds is 1. The second-order valence-corrected chi connectivity index (χ2v) is 7.43. The highest BCUT2D eigenvalue weighted by Gasteiger charge is 2.33. The van der Waals surface area contributed by atoms with E-state index in [1.54, 1.807) is 53.7 Å². The molecule has 0 spiro atoms. The molecule has 0 aliphatic carbocycles. The van der Waals surface area contributed by atoms with E-state index in [-0.39, 0.29) is 5.82 Å². The van der Waals surface area contributed by atoms with E-state index in [0.29, 0.717) is 4.60 Å². The molecule has 1 rings (SSSR count). The van der Waals surface area contributed by atoms with Gasteiger partial charge in [0.25, 0.3) is 0 Å². The third-order valence-corrected chi connectivity index (χ3v) is 2.52. The van der Waals surface area contributed by atoms with Crippen LogP contribution in [0.1, 0.15) is 41.5 Å². The molecule has 0 aromatic carbocycles. The van der Waals surface area contributed by atoms with Crippen molar-refractivity contribution in [1.82, 2.24) is 4.98 Å². The fourth-order valence-electron chi connectivity index (χ4n) is 1.40. The molecule has 122 valence electrons. The van der Waals surface area contributed by atoms with E-state index in [1.807, 2.05) is 0 Å². The Balaban J connectivity index is 3.15. The number of ether oxygens (including phenoxy) is 2. The normalized spacial score (nSPS) is 11.8. The minimum Gasteiger partial charge on any atom is -0.443 e. The number of anilines is 1. The first kappa shape index (κ1) is 18.4. The Bertz CT molecular complexity index is 533. The average Bonchev–Trinajstić information content (AvgIpc) is 2.23. The van der Waals surface area contributed by atoms with Crippen LogP contribution in [0, 0.1) is 0 Å². The molecule has 0 aliphatic heterocycles. The van der Waals surface area contributed by atoms with Crippen LogP contribution in [0.3, 0.4) is 0 Å². The number of aromatic nitrogens is 1. The van der Waals surface area contributed by atoms with Gasteiger partial charge in [0.2, 0.25) is 0 Å². The van der Waals surface area contributed by atoms with Crippen LogP contribution >= 0.6 is 15.9 Å². The van der Waals surface area contributed by atoms with E-state index < -0.39 is 23.4 Å². The minimum atomic E-state index is -0.840. The van der Waals surface area contributed by atoms with Gasteiger partial charge in [-0.3, -0.25) is 0 Å². The second-order valence-electron chi connectivity index (χ2n) is 6.61. The number of pyridine rings is 1. The zero-order valence-corrected chi connectivity index (χ0v) is 15.2. The number of hydrogen-bond acceptors (Lipinski definition) is 5. The van der Waals surface area contributed by atoms with Crippen LogP contribution < -0.4 is 4.90 Å². The monoisotopic (exact) mass is 372 g/mol. The molecule has 0 unspecified atom stereocenters. The summed E-state index contributed by atoms with van der Waals surface area (Å²) in [4.78, 5) is 29.6. The van der Waals surface area contributed by atoms with Crippen molar-refractivity contribution in [3.05, 3.63) is 22.8 Å². The van der Waals surface area contributed by atoms with Crippen LogP contribution in [0.4, 0.5) is 15.4 Å². The molecule has 0 radical (unpaired) electrons. The van der Waals surface area contributed by atoms with E-state index in [2.05, 4.69) is 20.9 Å². The van der Waals surface area contributed by atoms with Crippen molar-refractivity contribution in [1.29, 1.82) is 0 Å². The molecule has 0 bridgehead atoms. The quantitative estimate of drug-likeness (QED) is 0.677. The zero-order chi connectivity index (χ0) is 17.1. The van der Waals surface area contributed by atoms with Gasteiger partial charge in [0.05, 0.1) is 0 Å². The molecule has 0 aliphatic rings. The van der Waals surface area contributed by atoms with Crippen LogP contribution in [0.15, 0.2) is 22.8 Å². The lowest BCUT2D eigenvalue weighted by Crippen LogP contribution is -2.44. The number of hydrogen-bond donors (Lipinski definition) is 0. The van der Waals surface area contributed by atoms with Gasteiger partial charge >= 0.3 is 12.2 Å². The van der Waals surface area contributed by atoms with Gasteiger partial charge in [-0.15, -0.1) is 0 Å². The third-order valence-electron chi connectivity index (χ3n) is 2.08. The lowest BCUT2D eigenvalue weighted by atomic mass is 10.2. The van der Waals surface area contributed by atoms with E-state index in [0.717, 1.165) is 4.90 Å². The molecule has 1 aromatic heterocycles. The summed E-state index contributed by atoms with van der Waals surface area (Å²) < 4.78 is 11.0. The summed E-state index contributed by atoms with van der Waals surface area (Å²) in [6, 6.07) is 4.87. The van der Waals surface area contributed by atoms with Crippen LogP contribution in [-0.2, 0) is 9.47 Å². The van der Waals surface area contributed by atoms with Gasteiger partial charge < -0.3 is 9.47 Å². The van der Waals surface area contributed by atoms with Crippen molar-refractivity contribution in [2.24, 2.45) is 0 Å². The summed E-state index contributed by atoms with van der Waals surface area (Å²) in [6.45, 7) is 10.3. The SMILES string of the molecule is CC(C)(C)OC(=O)N(C(=O)OC(C)(C)C)c1cccc(Br)n1. The molecule has 7 heteroatoms. The van der Waals surface area contributed by atoms with Gasteiger partial charge in [0.1, 0.15) is 21.6 Å². The highest BCUT2D eigenvalue weighted by Crippen LogP contribution is 2.21. The predicted octanol–water partition coefficient (Wildman–Crippen LogP) is 4.52. The Hall–Kier alpha value is -1.63. The van der Waals surface area contributed by atoms with Crippen LogP contribution in [-0.4, -0.2) is 28.4 Å². The smallest absolute Gasteiger partial charge is 0.425 e. The van der Waals surface area contributed by atoms with Gasteiger partial charge in [-0.25, -0.2) is 14.6 Å². The van der Waals surface area contributed by atoms with Crippen molar-refractivity contribution in [3.8, 4) is 0 Å². The first-order chi connectivity index (χ1) is 9.89. The highest BCUT2D eigenvalue weighted by molar-refractivity contribution is 9.10. The first-order valence-corrected chi connectivity index (χ1v) is 7.57. The highest BCUT2D eigenvalue weighted by atomic mass is 79.9. The number of carbonyl (C=O) groups is 2. The van der Waals surface area contributed by atoms with Gasteiger partial charge in [-0.05, 0) is 69.6 Å². The Labute approximate surface area is 138 Å². The van der Waals surface area contributed by atoms with Crippen LogP contribution in [0.2, 0.25) is 0 Å². The van der Waals surface area contributed by atoms with Crippen molar-refractivity contribution in [2.45, 2.75) is 52.7 Å². The molecule has 2 amide bonds. The summed E-state index contributed by atoms with van der Waals surface area (Å²) in [7, 11) is 0. The number of halogens is 1. The van der Waals surface area contributed by atoms with Crippen LogP contribution in [0.25, 0.3) is 0 Å². The topological polar surface area (TPSA) is 68.7 Å². The fourth-order valence-corrected chi connectivity index (χ4v) is 1.73. The number of carbonyl (C=O) groups excluding carboxylic acids is 2. The average molecular weight is 373 g/mol. The van der Waals surface area contributed by atoms with Gasteiger partial charge in [0.15, 0.2) is 0 Å². The van der Waals surface area contributed by atoms with E-state index in [4.69, 9.17) is 9.47 Å². The number of imide groups is 1. The van der Waals surface area contributed by atoms with Crippen molar-refractivity contribution in [2.75, 3.05) is 4.90 Å². The maximum absolute atomic E-state index is 12.3. The molecule has 1 heterocycles. The summed E-state index contributed by atoms with van der Waals surface area (Å²) in [5.74, 6) is 0.123. The molecule has 0 saturated carbocycles. The maximum Gasteiger partial charge on any atom is 0.425 e. The zero-order valence-electron chi connectivity index (χ0n) is 13.6.